The summed E-state index contributed by atoms with van der Waals surface area (Å²) in [5, 5.41) is 12.3. The molecule has 4 heteroatoms. The number of aliphatic carboxylic acids is 1. The van der Waals surface area contributed by atoms with Crippen LogP contribution in [0.25, 0.3) is 0 Å². The zero-order valence-corrected chi connectivity index (χ0v) is 11.8. The molecule has 2 aliphatic carbocycles. The first-order valence-corrected chi connectivity index (χ1v) is 7.40. The number of hydrogen-bond donors (Lipinski definition) is 2. The van der Waals surface area contributed by atoms with Gasteiger partial charge < -0.3 is 10.4 Å². The van der Waals surface area contributed by atoms with Crippen LogP contribution in [0.4, 0.5) is 0 Å². The molecule has 0 fully saturated rings. The van der Waals surface area contributed by atoms with Gasteiger partial charge in [0.05, 0.1) is 11.8 Å². The lowest BCUT2D eigenvalue weighted by atomic mass is 9.82. The molecule has 2 aliphatic rings. The molecule has 2 N–H and O–H groups in total. The highest BCUT2D eigenvalue weighted by molar-refractivity contribution is 5.85. The van der Waals surface area contributed by atoms with Crippen molar-refractivity contribution in [3.05, 3.63) is 47.5 Å². The van der Waals surface area contributed by atoms with E-state index in [2.05, 4.69) is 17.4 Å². The normalized spacial score (nSPS) is 24.6. The molecule has 0 bridgehead atoms. The summed E-state index contributed by atoms with van der Waals surface area (Å²) in [6.07, 6.45) is 6.40. The third-order valence-electron chi connectivity index (χ3n) is 4.48. The highest BCUT2D eigenvalue weighted by Gasteiger charge is 2.35. The van der Waals surface area contributed by atoms with Gasteiger partial charge in [0, 0.05) is 6.04 Å². The third kappa shape index (κ3) is 2.84. The molecule has 0 heterocycles. The molecule has 1 aromatic carbocycles. The lowest BCUT2D eigenvalue weighted by molar-refractivity contribution is -0.147. The highest BCUT2D eigenvalue weighted by atomic mass is 16.4. The Morgan fingerprint density at radius 2 is 1.57 bits per heavy atom. The smallest absolute Gasteiger partial charge is 0.307 e. The van der Waals surface area contributed by atoms with Crippen molar-refractivity contribution < 1.29 is 14.7 Å². The van der Waals surface area contributed by atoms with E-state index < -0.39 is 17.8 Å². The molecule has 21 heavy (non-hydrogen) atoms. The minimum absolute atomic E-state index is 0.0928. The van der Waals surface area contributed by atoms with Crippen molar-refractivity contribution in [3.63, 3.8) is 0 Å². The van der Waals surface area contributed by atoms with Crippen LogP contribution >= 0.6 is 0 Å². The van der Waals surface area contributed by atoms with E-state index in [0.717, 1.165) is 12.8 Å². The van der Waals surface area contributed by atoms with E-state index >= 15 is 0 Å². The predicted molar refractivity (Wildman–Crippen MR) is 78.8 cm³/mol. The maximum atomic E-state index is 12.4. The average Bonchev–Trinajstić information content (AvgIpc) is 2.89. The van der Waals surface area contributed by atoms with E-state index in [9.17, 15) is 14.7 Å². The van der Waals surface area contributed by atoms with Crippen molar-refractivity contribution in [2.45, 2.75) is 31.7 Å². The SMILES string of the molecule is O=C(O)[C@H]1CC=CC[C@H]1C(=O)NC1Cc2ccccc2C1. The number of carbonyl (C=O) groups is 2. The fourth-order valence-electron chi connectivity index (χ4n) is 3.35. The predicted octanol–water partition coefficient (Wildman–Crippen LogP) is 1.94. The van der Waals surface area contributed by atoms with Crippen molar-refractivity contribution in [1.82, 2.24) is 5.32 Å². The molecule has 0 unspecified atom stereocenters. The van der Waals surface area contributed by atoms with E-state index in [1.807, 2.05) is 24.3 Å². The molecule has 0 spiro atoms. The van der Waals surface area contributed by atoms with Gasteiger partial charge >= 0.3 is 5.97 Å². The number of rotatable bonds is 3. The number of nitrogens with one attached hydrogen (secondary N) is 1. The van der Waals surface area contributed by atoms with Gasteiger partial charge in [-0.3, -0.25) is 9.59 Å². The van der Waals surface area contributed by atoms with Gasteiger partial charge in [-0.1, -0.05) is 36.4 Å². The number of carbonyl (C=O) groups excluding carboxylic acids is 1. The van der Waals surface area contributed by atoms with Crippen molar-refractivity contribution >= 4 is 11.9 Å². The minimum Gasteiger partial charge on any atom is -0.481 e. The van der Waals surface area contributed by atoms with E-state index in [1.54, 1.807) is 0 Å². The van der Waals surface area contributed by atoms with Gasteiger partial charge in [0.15, 0.2) is 0 Å². The summed E-state index contributed by atoms with van der Waals surface area (Å²) < 4.78 is 0. The second-order valence-electron chi connectivity index (χ2n) is 5.88. The van der Waals surface area contributed by atoms with Crippen molar-refractivity contribution in [2.24, 2.45) is 11.8 Å². The van der Waals surface area contributed by atoms with Gasteiger partial charge in [-0.25, -0.2) is 0 Å². The largest absolute Gasteiger partial charge is 0.481 e. The summed E-state index contributed by atoms with van der Waals surface area (Å²) in [6, 6.07) is 8.29. The molecular formula is C17H19NO3. The van der Waals surface area contributed by atoms with E-state index in [0.29, 0.717) is 12.8 Å². The molecule has 2 atom stereocenters. The Hall–Kier alpha value is -2.10. The Balaban J connectivity index is 1.65. The van der Waals surface area contributed by atoms with Crippen LogP contribution in [0.15, 0.2) is 36.4 Å². The van der Waals surface area contributed by atoms with Crippen LogP contribution in [0.2, 0.25) is 0 Å². The van der Waals surface area contributed by atoms with Crippen molar-refractivity contribution in [3.8, 4) is 0 Å². The average molecular weight is 285 g/mol. The number of carboxylic acids is 1. The molecule has 3 rings (SSSR count). The molecule has 0 saturated heterocycles. The summed E-state index contributed by atoms with van der Waals surface area (Å²) in [5.74, 6) is -2.05. The molecule has 0 aliphatic heterocycles. The summed E-state index contributed by atoms with van der Waals surface area (Å²) in [4.78, 5) is 23.7. The minimum atomic E-state index is -0.880. The zero-order chi connectivity index (χ0) is 14.8. The maximum absolute atomic E-state index is 12.4. The topological polar surface area (TPSA) is 66.4 Å². The standard InChI is InChI=1S/C17H19NO3/c19-16(14-7-3-4-8-15(14)17(20)21)18-13-9-11-5-1-2-6-12(11)10-13/h1-6,13-15H,7-10H2,(H,18,19)(H,20,21)/t14-,15+/m1/s1. The van der Waals surface area contributed by atoms with Crippen LogP contribution in [-0.4, -0.2) is 23.0 Å². The lowest BCUT2D eigenvalue weighted by Crippen LogP contribution is -2.43. The van der Waals surface area contributed by atoms with Gasteiger partial charge in [0.1, 0.15) is 0 Å². The monoisotopic (exact) mass is 285 g/mol. The van der Waals surface area contributed by atoms with Gasteiger partial charge in [-0.15, -0.1) is 0 Å². The first kappa shape index (κ1) is 13.9. The van der Waals surface area contributed by atoms with Crippen LogP contribution in [0, 0.1) is 11.8 Å². The number of allylic oxidation sites excluding steroid dienone is 2. The van der Waals surface area contributed by atoms with Gasteiger partial charge in [-0.2, -0.15) is 0 Å². The second-order valence-corrected chi connectivity index (χ2v) is 5.88. The highest BCUT2D eigenvalue weighted by Crippen LogP contribution is 2.27. The van der Waals surface area contributed by atoms with E-state index in [1.165, 1.54) is 11.1 Å². The Bertz CT molecular complexity index is 568. The first-order chi connectivity index (χ1) is 10.1. The first-order valence-electron chi connectivity index (χ1n) is 7.40. The maximum Gasteiger partial charge on any atom is 0.307 e. The molecule has 110 valence electrons. The Morgan fingerprint density at radius 3 is 2.14 bits per heavy atom. The third-order valence-corrected chi connectivity index (χ3v) is 4.48. The van der Waals surface area contributed by atoms with Crippen LogP contribution in [0.5, 0.6) is 0 Å². The van der Waals surface area contributed by atoms with Crippen LogP contribution in [0.3, 0.4) is 0 Å². The molecule has 1 aromatic rings. The molecular weight excluding hydrogens is 266 g/mol. The van der Waals surface area contributed by atoms with E-state index in [-0.39, 0.29) is 11.9 Å². The van der Waals surface area contributed by atoms with Gasteiger partial charge in [0.2, 0.25) is 5.91 Å². The van der Waals surface area contributed by atoms with Crippen molar-refractivity contribution in [1.29, 1.82) is 0 Å². The molecule has 0 saturated carbocycles. The number of amides is 1. The summed E-state index contributed by atoms with van der Waals surface area (Å²) in [5.41, 5.74) is 2.56. The van der Waals surface area contributed by atoms with Gasteiger partial charge in [0.25, 0.3) is 0 Å². The Morgan fingerprint density at radius 1 is 1.00 bits per heavy atom. The van der Waals surface area contributed by atoms with Crippen molar-refractivity contribution in [2.75, 3.05) is 0 Å². The summed E-state index contributed by atoms with van der Waals surface area (Å²) >= 11 is 0. The Labute approximate surface area is 123 Å². The molecule has 4 nitrogen and oxygen atoms in total. The molecule has 0 radical (unpaired) electrons. The number of carboxylic acid groups (broad SMARTS) is 1. The lowest BCUT2D eigenvalue weighted by Gasteiger charge is -2.25. The number of benzene rings is 1. The molecule has 1 amide bonds. The van der Waals surface area contributed by atoms with Crippen LogP contribution < -0.4 is 5.32 Å². The van der Waals surface area contributed by atoms with E-state index in [4.69, 9.17) is 0 Å². The quantitative estimate of drug-likeness (QED) is 0.834. The zero-order valence-electron chi connectivity index (χ0n) is 11.8. The second kappa shape index (κ2) is 5.72. The fraction of sp³-hybridized carbons (Fsp3) is 0.412. The summed E-state index contributed by atoms with van der Waals surface area (Å²) in [7, 11) is 0. The summed E-state index contributed by atoms with van der Waals surface area (Å²) in [6.45, 7) is 0. The number of hydrogen-bond acceptors (Lipinski definition) is 2. The molecule has 0 aromatic heterocycles. The van der Waals surface area contributed by atoms with Crippen LogP contribution in [-0.2, 0) is 22.4 Å². The van der Waals surface area contributed by atoms with Gasteiger partial charge in [-0.05, 0) is 36.8 Å². The Kier molecular flexibility index (Phi) is 3.78. The van der Waals surface area contributed by atoms with Crippen LogP contribution in [0.1, 0.15) is 24.0 Å². The fourth-order valence-corrected chi connectivity index (χ4v) is 3.35. The number of fused-ring (bicyclic) bond motifs is 1.